The molecule has 0 spiro atoms. The van der Waals surface area contributed by atoms with E-state index in [1.54, 1.807) is 0 Å². The van der Waals surface area contributed by atoms with E-state index in [2.05, 4.69) is 41.5 Å². The van der Waals surface area contributed by atoms with Gasteiger partial charge in [-0.25, -0.2) is 0 Å². The van der Waals surface area contributed by atoms with Gasteiger partial charge >= 0.3 is 374 Å². The quantitative estimate of drug-likeness (QED) is 0.0344. The maximum absolute atomic E-state index is 15.1. The average Bonchev–Trinajstić information content (AvgIpc) is 3.20. The predicted octanol–water partition coefficient (Wildman–Crippen LogP) is 19.4. The summed E-state index contributed by atoms with van der Waals surface area (Å²) >= 11 is -3.70. The minimum atomic E-state index is -3.70. The predicted molar refractivity (Wildman–Crippen MR) is 256 cm³/mol. The molecular weight excluding hydrogens is 813 g/mol. The van der Waals surface area contributed by atoms with Crippen molar-refractivity contribution in [3.05, 3.63) is 0 Å². The van der Waals surface area contributed by atoms with E-state index in [9.17, 15) is 0 Å². The first-order valence-electron chi connectivity index (χ1n) is 25.8. The van der Waals surface area contributed by atoms with Crippen LogP contribution in [0.4, 0.5) is 0 Å². The molecule has 0 heterocycles. The molecule has 0 fully saturated rings. The van der Waals surface area contributed by atoms with Crippen molar-refractivity contribution in [2.24, 2.45) is 0 Å². The Balaban J connectivity index is 6.56. The summed E-state index contributed by atoms with van der Waals surface area (Å²) in [6.45, 7) is 13.4. The van der Waals surface area contributed by atoms with Gasteiger partial charge in [-0.05, 0) is 0 Å². The number of hydrogen-bond acceptors (Lipinski definition) is 6. The molecule has 0 rings (SSSR count). The van der Waals surface area contributed by atoms with E-state index in [0.29, 0.717) is 37.0 Å². The average molecular weight is 916 g/mol. The molecule has 0 bridgehead atoms. The third kappa shape index (κ3) is 36.7. The van der Waals surface area contributed by atoms with Gasteiger partial charge in [-0.2, -0.15) is 0 Å². The summed E-state index contributed by atoms with van der Waals surface area (Å²) in [7, 11) is -9.46. The zero-order valence-electron chi connectivity index (χ0n) is 40.0. The van der Waals surface area contributed by atoms with Crippen LogP contribution in [0.25, 0.3) is 0 Å². The Hall–Kier alpha value is 1.28. The van der Waals surface area contributed by atoms with Crippen molar-refractivity contribution >= 4 is 22.1 Å². The monoisotopic (exact) mass is 916 g/mol. The fraction of sp³-hybridized carbons (Fsp3) is 1.00. The molecule has 58 heavy (non-hydrogen) atoms. The number of hydrogen-bond donors (Lipinski definition) is 0. The molecule has 0 amide bonds. The van der Waals surface area contributed by atoms with Gasteiger partial charge in [-0.1, -0.05) is 0 Å². The Morgan fingerprint density at radius 1 is 0.241 bits per heavy atom. The van der Waals surface area contributed by atoms with Crippen LogP contribution in [0.2, 0.25) is 0 Å². The molecule has 0 aliphatic heterocycles. The molecule has 0 aromatic heterocycles. The van der Waals surface area contributed by atoms with Crippen molar-refractivity contribution < 1.29 is 42.0 Å². The molecule has 0 aliphatic rings. The van der Waals surface area contributed by atoms with Crippen molar-refractivity contribution in [1.82, 2.24) is 0 Å². The molecule has 0 aromatic rings. The van der Waals surface area contributed by atoms with Crippen molar-refractivity contribution in [3.63, 3.8) is 0 Å². The first-order valence-corrected chi connectivity index (χ1v) is 33.7. The van der Waals surface area contributed by atoms with Gasteiger partial charge in [0.1, 0.15) is 0 Å². The van der Waals surface area contributed by atoms with Crippen molar-refractivity contribution in [1.29, 1.82) is 0 Å². The van der Waals surface area contributed by atoms with Crippen LogP contribution in [0, 0.1) is 0 Å². The van der Waals surface area contributed by atoms with Crippen LogP contribution in [0.3, 0.4) is 0 Å². The van der Waals surface area contributed by atoms with Crippen molar-refractivity contribution in [3.8, 4) is 0 Å². The summed E-state index contributed by atoms with van der Waals surface area (Å²) in [6, 6.07) is 0. The van der Waals surface area contributed by atoms with Crippen LogP contribution in [0.5, 0.6) is 0 Å². The Morgan fingerprint density at radius 3 is 0.534 bits per heavy atom. The summed E-state index contributed by atoms with van der Waals surface area (Å²) in [4.78, 5) is 0. The van der Waals surface area contributed by atoms with Crippen LogP contribution in [0.1, 0.15) is 273 Å². The standard InChI is InChI=1S/3C16H35O2P.Ti/c3*1-3-5-7-9-11-13-15-19(17,18)16-14-12-10-8-6-4-2;/h3*3-16H2,1-2H3,(H,17,18);/q;;;+3/p-3. The van der Waals surface area contributed by atoms with Crippen LogP contribution in [0.15, 0.2) is 0 Å². The fourth-order valence-corrected chi connectivity index (χ4v) is 22.3. The molecule has 0 radical (unpaired) electrons. The fourth-order valence-electron chi connectivity index (χ4n) is 7.87. The summed E-state index contributed by atoms with van der Waals surface area (Å²) in [5, 5.41) is 0. The molecule has 10 heteroatoms. The maximum atomic E-state index is 15.1. The molecule has 0 N–H and O–H groups in total. The summed E-state index contributed by atoms with van der Waals surface area (Å²) in [5.41, 5.74) is 0. The number of rotatable bonds is 48. The van der Waals surface area contributed by atoms with Crippen LogP contribution < -0.4 is 0 Å². The first-order chi connectivity index (χ1) is 28.1. The van der Waals surface area contributed by atoms with E-state index in [1.807, 2.05) is 0 Å². The topological polar surface area (TPSA) is 78.9 Å². The van der Waals surface area contributed by atoms with E-state index in [0.717, 1.165) is 116 Å². The first kappa shape index (κ1) is 59.3. The van der Waals surface area contributed by atoms with Gasteiger partial charge in [0.05, 0.1) is 0 Å². The SMILES string of the molecule is CCCCCCCCP(=O)(CCCCCCCC)[O][Ti]([O]P(=O)(CCCCCCCC)CCCCCCCC)[O]P(=O)(CCCCCCCC)CCCCCCCC. The van der Waals surface area contributed by atoms with E-state index in [4.69, 9.17) is 9.32 Å². The Labute approximate surface area is 371 Å². The van der Waals surface area contributed by atoms with Crippen LogP contribution in [-0.4, -0.2) is 37.0 Å². The van der Waals surface area contributed by atoms with E-state index < -0.39 is 41.1 Å². The van der Waals surface area contributed by atoms with Crippen molar-refractivity contribution in [2.45, 2.75) is 273 Å². The van der Waals surface area contributed by atoms with Gasteiger partial charge in [0, 0.05) is 0 Å². The van der Waals surface area contributed by atoms with Gasteiger partial charge in [0.15, 0.2) is 0 Å². The molecule has 0 aliphatic carbocycles. The van der Waals surface area contributed by atoms with E-state index in [-0.39, 0.29) is 0 Å². The minimum absolute atomic E-state index is 0.523. The van der Waals surface area contributed by atoms with Gasteiger partial charge in [0.2, 0.25) is 0 Å². The second-order valence-corrected chi connectivity index (χ2v) is 29.4. The Kier molecular flexibility index (Phi) is 43.2. The van der Waals surface area contributed by atoms with Gasteiger partial charge in [-0.15, -0.1) is 0 Å². The zero-order valence-corrected chi connectivity index (χ0v) is 44.2. The van der Waals surface area contributed by atoms with Crippen LogP contribution in [-0.2, 0) is 42.0 Å². The van der Waals surface area contributed by atoms with E-state index in [1.165, 1.54) is 116 Å². The van der Waals surface area contributed by atoms with Gasteiger partial charge in [-0.3, -0.25) is 0 Å². The Bertz CT molecular complexity index is 830. The summed E-state index contributed by atoms with van der Waals surface area (Å²) in [5.74, 6) is 0. The second-order valence-electron chi connectivity index (χ2n) is 17.9. The summed E-state index contributed by atoms with van der Waals surface area (Å²) in [6.07, 6.45) is 43.5. The third-order valence-electron chi connectivity index (χ3n) is 11.8. The van der Waals surface area contributed by atoms with Gasteiger partial charge < -0.3 is 0 Å². The molecule has 0 saturated carbocycles. The van der Waals surface area contributed by atoms with E-state index >= 15 is 13.7 Å². The molecule has 0 atom stereocenters. The van der Waals surface area contributed by atoms with Gasteiger partial charge in [0.25, 0.3) is 0 Å². The summed E-state index contributed by atoms with van der Waals surface area (Å²) < 4.78 is 65.9. The van der Waals surface area contributed by atoms with Crippen molar-refractivity contribution in [2.75, 3.05) is 37.0 Å². The molecular formula is C48H102O6P3Ti. The zero-order chi connectivity index (χ0) is 42.9. The molecule has 349 valence electrons. The Morgan fingerprint density at radius 2 is 0.379 bits per heavy atom. The molecule has 0 unspecified atom stereocenters. The molecule has 6 nitrogen and oxygen atoms in total. The molecule has 0 saturated heterocycles. The van der Waals surface area contributed by atoms with Crippen LogP contribution >= 0.6 is 22.1 Å². The number of unbranched alkanes of at least 4 members (excludes halogenated alkanes) is 30. The second kappa shape index (κ2) is 42.2. The normalized spacial score (nSPS) is 12.5. The third-order valence-corrected chi connectivity index (χ3v) is 26.0. The molecule has 0 aromatic carbocycles.